The van der Waals surface area contributed by atoms with Crippen molar-refractivity contribution in [3.05, 3.63) is 11.8 Å². The zero-order chi connectivity index (χ0) is 8.84. The van der Waals surface area contributed by atoms with Crippen LogP contribution in [0, 0.1) is 0 Å². The van der Waals surface area contributed by atoms with Gasteiger partial charge in [-0.25, -0.2) is 4.98 Å². The molecule has 3 rings (SSSR count). The molecule has 0 bridgehead atoms. The van der Waals surface area contributed by atoms with Crippen LogP contribution < -0.4 is 11.1 Å². The minimum Gasteiger partial charge on any atom is -0.382 e. The van der Waals surface area contributed by atoms with Crippen LogP contribution in [0.2, 0.25) is 0 Å². The summed E-state index contributed by atoms with van der Waals surface area (Å²) in [5.74, 6) is 1.60. The SMILES string of the molecule is Nc1nsc2c3c(ncc12)NCC3. The Balaban J connectivity index is 2.44. The number of nitrogen functional groups attached to an aromatic ring is 1. The maximum Gasteiger partial charge on any atom is 0.146 e. The lowest BCUT2D eigenvalue weighted by Crippen LogP contribution is -1.92. The van der Waals surface area contributed by atoms with Crippen molar-refractivity contribution in [3.8, 4) is 0 Å². The van der Waals surface area contributed by atoms with Gasteiger partial charge in [0.15, 0.2) is 0 Å². The highest BCUT2D eigenvalue weighted by molar-refractivity contribution is 7.14. The summed E-state index contributed by atoms with van der Waals surface area (Å²) >= 11 is 1.46. The van der Waals surface area contributed by atoms with Crippen molar-refractivity contribution in [1.82, 2.24) is 9.36 Å². The Kier molecular flexibility index (Phi) is 1.26. The van der Waals surface area contributed by atoms with Gasteiger partial charge in [-0.2, -0.15) is 4.37 Å². The Labute approximate surface area is 78.9 Å². The third-order valence-corrected chi connectivity index (χ3v) is 3.24. The zero-order valence-corrected chi connectivity index (χ0v) is 7.69. The fourth-order valence-corrected chi connectivity index (χ4v) is 2.51. The van der Waals surface area contributed by atoms with Crippen LogP contribution in [0.3, 0.4) is 0 Å². The van der Waals surface area contributed by atoms with E-state index in [1.54, 1.807) is 6.20 Å². The highest BCUT2D eigenvalue weighted by atomic mass is 32.1. The van der Waals surface area contributed by atoms with Crippen LogP contribution in [0.15, 0.2) is 6.20 Å². The van der Waals surface area contributed by atoms with Gasteiger partial charge in [0.2, 0.25) is 0 Å². The molecule has 5 heteroatoms. The van der Waals surface area contributed by atoms with Gasteiger partial charge in [-0.3, -0.25) is 0 Å². The van der Waals surface area contributed by atoms with E-state index in [9.17, 15) is 0 Å². The molecule has 0 saturated heterocycles. The third kappa shape index (κ3) is 0.846. The lowest BCUT2D eigenvalue weighted by atomic mass is 10.2. The second-order valence-electron chi connectivity index (χ2n) is 3.07. The van der Waals surface area contributed by atoms with Crippen LogP contribution >= 0.6 is 11.5 Å². The van der Waals surface area contributed by atoms with Crippen molar-refractivity contribution in [3.63, 3.8) is 0 Å². The average Bonchev–Trinajstić information content (AvgIpc) is 2.70. The minimum atomic E-state index is 0.599. The molecule has 0 amide bonds. The van der Waals surface area contributed by atoms with Crippen LogP contribution in [-0.2, 0) is 6.42 Å². The van der Waals surface area contributed by atoms with Crippen molar-refractivity contribution < 1.29 is 0 Å². The van der Waals surface area contributed by atoms with Gasteiger partial charge in [-0.1, -0.05) is 0 Å². The van der Waals surface area contributed by atoms with E-state index in [-0.39, 0.29) is 0 Å². The van der Waals surface area contributed by atoms with E-state index in [0.717, 1.165) is 24.2 Å². The minimum absolute atomic E-state index is 0.599. The largest absolute Gasteiger partial charge is 0.382 e. The van der Waals surface area contributed by atoms with E-state index in [1.807, 2.05) is 0 Å². The van der Waals surface area contributed by atoms with E-state index in [0.29, 0.717) is 5.82 Å². The Morgan fingerprint density at radius 3 is 3.38 bits per heavy atom. The summed E-state index contributed by atoms with van der Waals surface area (Å²) in [5, 5.41) is 4.22. The second kappa shape index (κ2) is 2.32. The molecule has 4 nitrogen and oxygen atoms in total. The van der Waals surface area contributed by atoms with Crippen molar-refractivity contribution in [2.24, 2.45) is 0 Å². The van der Waals surface area contributed by atoms with Gasteiger partial charge in [-0.05, 0) is 18.0 Å². The van der Waals surface area contributed by atoms with Gasteiger partial charge in [0, 0.05) is 18.3 Å². The van der Waals surface area contributed by atoms with Gasteiger partial charge in [0.05, 0.1) is 10.1 Å². The number of aromatic nitrogens is 2. The molecule has 0 spiro atoms. The molecule has 3 heterocycles. The molecule has 0 radical (unpaired) electrons. The highest BCUT2D eigenvalue weighted by Crippen LogP contribution is 2.33. The topological polar surface area (TPSA) is 63.8 Å². The number of nitrogens with one attached hydrogen (secondary N) is 1. The van der Waals surface area contributed by atoms with E-state index in [1.165, 1.54) is 21.8 Å². The fraction of sp³-hybridized carbons (Fsp3) is 0.250. The van der Waals surface area contributed by atoms with E-state index in [4.69, 9.17) is 5.73 Å². The molecule has 0 unspecified atom stereocenters. The summed E-state index contributed by atoms with van der Waals surface area (Å²) in [6, 6.07) is 0. The molecule has 2 aromatic heterocycles. The van der Waals surface area contributed by atoms with Crippen molar-refractivity contribution in [2.45, 2.75) is 6.42 Å². The van der Waals surface area contributed by atoms with Crippen LogP contribution in [0.1, 0.15) is 5.56 Å². The number of pyridine rings is 1. The lowest BCUT2D eigenvalue weighted by molar-refractivity contribution is 1.12. The summed E-state index contributed by atoms with van der Waals surface area (Å²) in [7, 11) is 0. The number of anilines is 2. The Hall–Kier alpha value is -1.36. The quantitative estimate of drug-likeness (QED) is 0.659. The number of nitrogens with two attached hydrogens (primary N) is 1. The van der Waals surface area contributed by atoms with Gasteiger partial charge >= 0.3 is 0 Å². The summed E-state index contributed by atoms with van der Waals surface area (Å²) in [5.41, 5.74) is 6.98. The molecule has 3 N–H and O–H groups in total. The summed E-state index contributed by atoms with van der Waals surface area (Å²) < 4.78 is 5.31. The first-order chi connectivity index (χ1) is 6.36. The summed E-state index contributed by atoms with van der Waals surface area (Å²) in [6.07, 6.45) is 2.83. The number of fused-ring (bicyclic) bond motifs is 3. The Morgan fingerprint density at radius 1 is 1.54 bits per heavy atom. The van der Waals surface area contributed by atoms with Crippen molar-refractivity contribution in [2.75, 3.05) is 17.6 Å². The molecule has 0 atom stereocenters. The van der Waals surface area contributed by atoms with E-state index < -0.39 is 0 Å². The van der Waals surface area contributed by atoms with Crippen LogP contribution in [-0.4, -0.2) is 15.9 Å². The van der Waals surface area contributed by atoms with Crippen LogP contribution in [0.25, 0.3) is 10.1 Å². The predicted molar refractivity (Wildman–Crippen MR) is 54.0 cm³/mol. The Bertz CT molecular complexity index is 476. The molecule has 0 saturated carbocycles. The van der Waals surface area contributed by atoms with Crippen LogP contribution in [0.5, 0.6) is 0 Å². The van der Waals surface area contributed by atoms with Crippen molar-refractivity contribution in [1.29, 1.82) is 0 Å². The number of nitrogens with zero attached hydrogens (tertiary/aromatic N) is 2. The lowest BCUT2D eigenvalue weighted by Gasteiger charge is -1.97. The number of hydrogen-bond acceptors (Lipinski definition) is 5. The maximum absolute atomic E-state index is 5.71. The standard InChI is InChI=1S/C8H8N4S/c9-7-5-3-11-8-4(1-2-10-8)6(5)13-12-7/h3H,1-2H2,(H2,9,12)(H,10,11). The summed E-state index contributed by atoms with van der Waals surface area (Å²) in [4.78, 5) is 4.30. The van der Waals surface area contributed by atoms with Crippen LogP contribution in [0.4, 0.5) is 11.6 Å². The molecule has 0 aromatic carbocycles. The van der Waals surface area contributed by atoms with Gasteiger partial charge in [0.1, 0.15) is 11.6 Å². The maximum atomic E-state index is 5.71. The molecule has 13 heavy (non-hydrogen) atoms. The molecular weight excluding hydrogens is 184 g/mol. The fourth-order valence-electron chi connectivity index (χ4n) is 1.66. The molecule has 66 valence electrons. The number of hydrogen-bond donors (Lipinski definition) is 2. The first-order valence-electron chi connectivity index (χ1n) is 4.13. The highest BCUT2D eigenvalue weighted by Gasteiger charge is 2.17. The Morgan fingerprint density at radius 2 is 2.46 bits per heavy atom. The molecule has 2 aromatic rings. The zero-order valence-electron chi connectivity index (χ0n) is 6.87. The second-order valence-corrected chi connectivity index (χ2v) is 3.85. The molecule has 1 aliphatic rings. The van der Waals surface area contributed by atoms with Crippen molar-refractivity contribution >= 4 is 33.3 Å². The molecular formula is C8H8N4S. The normalized spacial score (nSPS) is 14.5. The first-order valence-corrected chi connectivity index (χ1v) is 4.90. The van der Waals surface area contributed by atoms with Gasteiger partial charge in [-0.15, -0.1) is 0 Å². The third-order valence-electron chi connectivity index (χ3n) is 2.31. The molecule has 0 aliphatic carbocycles. The number of rotatable bonds is 0. The van der Waals surface area contributed by atoms with E-state index in [2.05, 4.69) is 14.7 Å². The average molecular weight is 192 g/mol. The van der Waals surface area contributed by atoms with Gasteiger partial charge < -0.3 is 11.1 Å². The molecule has 0 fully saturated rings. The first kappa shape index (κ1) is 7.08. The van der Waals surface area contributed by atoms with E-state index >= 15 is 0 Å². The molecule has 1 aliphatic heterocycles. The smallest absolute Gasteiger partial charge is 0.146 e. The summed E-state index contributed by atoms with van der Waals surface area (Å²) in [6.45, 7) is 0.971. The monoisotopic (exact) mass is 192 g/mol. The predicted octanol–water partition coefficient (Wildman–Crippen LogP) is 1.24. The van der Waals surface area contributed by atoms with Gasteiger partial charge in [0.25, 0.3) is 0 Å².